The van der Waals surface area contributed by atoms with Gasteiger partial charge in [-0.1, -0.05) is 5.16 Å². The van der Waals surface area contributed by atoms with Gasteiger partial charge in [-0.15, -0.1) is 11.3 Å². The van der Waals surface area contributed by atoms with E-state index in [0.29, 0.717) is 17.1 Å². The van der Waals surface area contributed by atoms with E-state index in [2.05, 4.69) is 20.0 Å². The maximum absolute atomic E-state index is 12.1. The van der Waals surface area contributed by atoms with E-state index in [1.54, 1.807) is 0 Å². The molecule has 4 heterocycles. The number of nitrogens with zero attached hydrogens (tertiary/aromatic N) is 3. The lowest BCUT2D eigenvalue weighted by Crippen LogP contribution is -2.25. The highest BCUT2D eigenvalue weighted by Crippen LogP contribution is 2.33. The molecule has 0 saturated carbocycles. The topological polar surface area (TPSA) is 75.0 Å². The second kappa shape index (κ2) is 5.33. The number of H-pyrrole nitrogens is 1. The fraction of sp³-hybridized carbons (Fsp3) is 0.400. The van der Waals surface area contributed by atoms with Crippen LogP contribution in [0.2, 0.25) is 0 Å². The molecule has 7 heteroatoms. The molecule has 0 aromatic carbocycles. The number of aromatic amines is 1. The molecule has 4 rings (SSSR count). The Labute approximate surface area is 130 Å². The van der Waals surface area contributed by atoms with Crippen molar-refractivity contribution in [2.24, 2.45) is 0 Å². The van der Waals surface area contributed by atoms with Crippen LogP contribution in [0.25, 0.3) is 10.2 Å². The first-order valence-corrected chi connectivity index (χ1v) is 8.22. The molecular formula is C15H16N4O2S. The Morgan fingerprint density at radius 3 is 3.27 bits per heavy atom. The number of rotatable bonds is 3. The average molecular weight is 316 g/mol. The number of aromatic nitrogens is 3. The largest absolute Gasteiger partial charge is 0.359 e. The lowest BCUT2D eigenvalue weighted by atomic mass is 10.1. The molecule has 0 bridgehead atoms. The number of likely N-dealkylation sites (tertiary alicyclic amines) is 1. The zero-order chi connectivity index (χ0) is 15.1. The molecule has 1 aliphatic heterocycles. The zero-order valence-electron chi connectivity index (χ0n) is 12.2. The van der Waals surface area contributed by atoms with Crippen LogP contribution in [0.3, 0.4) is 0 Å². The van der Waals surface area contributed by atoms with E-state index in [4.69, 9.17) is 4.52 Å². The van der Waals surface area contributed by atoms with Gasteiger partial charge in [0.2, 0.25) is 0 Å². The highest BCUT2D eigenvalue weighted by Gasteiger charge is 2.29. The Morgan fingerprint density at radius 1 is 1.55 bits per heavy atom. The van der Waals surface area contributed by atoms with Crippen LogP contribution < -0.4 is 5.56 Å². The second-order valence-corrected chi connectivity index (χ2v) is 6.56. The van der Waals surface area contributed by atoms with E-state index >= 15 is 0 Å². The minimum Gasteiger partial charge on any atom is -0.359 e. The molecule has 114 valence electrons. The van der Waals surface area contributed by atoms with Gasteiger partial charge in [-0.3, -0.25) is 9.69 Å². The molecule has 1 saturated heterocycles. The standard InChI is InChI=1S/C15H16N4O2S/c1-9-7-12(21-18-9)11-3-2-5-19(11)8-13-16-10-4-6-22-14(10)15(20)17-13/h4,6-7,11H,2-3,5,8H2,1H3,(H,16,17,20). The van der Waals surface area contributed by atoms with Crippen molar-refractivity contribution in [3.05, 3.63) is 45.1 Å². The van der Waals surface area contributed by atoms with Gasteiger partial charge in [0, 0.05) is 6.07 Å². The molecule has 1 N–H and O–H groups in total. The van der Waals surface area contributed by atoms with Crippen LogP contribution in [0.15, 0.2) is 26.8 Å². The number of fused-ring (bicyclic) bond motifs is 1. The predicted octanol–water partition coefficient (Wildman–Crippen LogP) is 2.62. The molecule has 0 spiro atoms. The molecule has 1 atom stereocenters. The number of hydrogen-bond acceptors (Lipinski definition) is 6. The van der Waals surface area contributed by atoms with Crippen molar-refractivity contribution >= 4 is 21.6 Å². The van der Waals surface area contributed by atoms with E-state index < -0.39 is 0 Å². The van der Waals surface area contributed by atoms with Gasteiger partial charge >= 0.3 is 0 Å². The van der Waals surface area contributed by atoms with Crippen LogP contribution in [0, 0.1) is 6.92 Å². The molecule has 3 aromatic rings. The average Bonchev–Trinajstić information content (AvgIpc) is 3.19. The van der Waals surface area contributed by atoms with Gasteiger partial charge in [0.1, 0.15) is 10.5 Å². The lowest BCUT2D eigenvalue weighted by molar-refractivity contribution is 0.202. The van der Waals surface area contributed by atoms with Crippen LogP contribution in [-0.2, 0) is 6.54 Å². The van der Waals surface area contributed by atoms with Crippen molar-refractivity contribution in [1.29, 1.82) is 0 Å². The Morgan fingerprint density at radius 2 is 2.45 bits per heavy atom. The Bertz CT molecular complexity index is 866. The van der Waals surface area contributed by atoms with Gasteiger partial charge in [0.05, 0.1) is 23.8 Å². The Balaban J connectivity index is 1.62. The van der Waals surface area contributed by atoms with E-state index in [0.717, 1.165) is 36.4 Å². The summed E-state index contributed by atoms with van der Waals surface area (Å²) in [7, 11) is 0. The quantitative estimate of drug-likeness (QED) is 0.804. The summed E-state index contributed by atoms with van der Waals surface area (Å²) in [5.41, 5.74) is 1.62. The Kier molecular flexibility index (Phi) is 3.31. The smallest absolute Gasteiger partial charge is 0.268 e. The summed E-state index contributed by atoms with van der Waals surface area (Å²) in [6.45, 7) is 3.51. The summed E-state index contributed by atoms with van der Waals surface area (Å²) >= 11 is 1.42. The molecular weight excluding hydrogens is 300 g/mol. The summed E-state index contributed by atoms with van der Waals surface area (Å²) in [6.07, 6.45) is 2.15. The van der Waals surface area contributed by atoms with Gasteiger partial charge in [0.15, 0.2) is 5.76 Å². The monoisotopic (exact) mass is 316 g/mol. The van der Waals surface area contributed by atoms with E-state index in [9.17, 15) is 4.79 Å². The molecule has 0 aliphatic carbocycles. The minimum absolute atomic E-state index is 0.0544. The van der Waals surface area contributed by atoms with E-state index in [1.165, 1.54) is 11.3 Å². The van der Waals surface area contributed by atoms with Gasteiger partial charge in [-0.2, -0.15) is 0 Å². The lowest BCUT2D eigenvalue weighted by Gasteiger charge is -2.21. The third kappa shape index (κ3) is 2.36. The summed E-state index contributed by atoms with van der Waals surface area (Å²) in [6, 6.07) is 4.09. The van der Waals surface area contributed by atoms with Crippen molar-refractivity contribution < 1.29 is 4.52 Å². The third-order valence-electron chi connectivity index (χ3n) is 4.06. The van der Waals surface area contributed by atoms with Crippen LogP contribution in [-0.4, -0.2) is 26.6 Å². The van der Waals surface area contributed by atoms with Crippen molar-refractivity contribution in [2.75, 3.05) is 6.54 Å². The molecule has 3 aromatic heterocycles. The highest BCUT2D eigenvalue weighted by atomic mass is 32.1. The van der Waals surface area contributed by atoms with Gasteiger partial charge < -0.3 is 9.51 Å². The number of hydrogen-bond donors (Lipinski definition) is 1. The number of aryl methyl sites for hydroxylation is 1. The van der Waals surface area contributed by atoms with Crippen LogP contribution in [0.1, 0.15) is 36.2 Å². The SMILES string of the molecule is Cc1cc(C2CCCN2Cc2nc3ccsc3c(=O)[nH]2)on1. The van der Waals surface area contributed by atoms with Crippen molar-refractivity contribution in [1.82, 2.24) is 20.0 Å². The zero-order valence-corrected chi connectivity index (χ0v) is 13.0. The fourth-order valence-corrected chi connectivity index (χ4v) is 3.79. The second-order valence-electron chi connectivity index (χ2n) is 5.65. The normalized spacial score (nSPS) is 19.2. The van der Waals surface area contributed by atoms with Crippen molar-refractivity contribution in [2.45, 2.75) is 32.4 Å². The van der Waals surface area contributed by atoms with E-state index in [1.807, 2.05) is 24.4 Å². The first-order chi connectivity index (χ1) is 10.7. The molecule has 6 nitrogen and oxygen atoms in total. The van der Waals surface area contributed by atoms with Crippen molar-refractivity contribution in [3.8, 4) is 0 Å². The van der Waals surface area contributed by atoms with Gasteiger partial charge in [-0.05, 0) is 37.8 Å². The van der Waals surface area contributed by atoms with Crippen LogP contribution in [0.4, 0.5) is 0 Å². The summed E-state index contributed by atoms with van der Waals surface area (Å²) < 4.78 is 6.10. The molecule has 0 amide bonds. The highest BCUT2D eigenvalue weighted by molar-refractivity contribution is 7.17. The summed E-state index contributed by atoms with van der Waals surface area (Å²) in [5, 5.41) is 5.87. The molecule has 0 radical (unpaired) electrons. The molecule has 22 heavy (non-hydrogen) atoms. The maximum atomic E-state index is 12.1. The Hall–Kier alpha value is -1.99. The molecule has 1 fully saturated rings. The van der Waals surface area contributed by atoms with Crippen LogP contribution >= 0.6 is 11.3 Å². The van der Waals surface area contributed by atoms with Gasteiger partial charge in [0.25, 0.3) is 5.56 Å². The predicted molar refractivity (Wildman–Crippen MR) is 83.9 cm³/mol. The minimum atomic E-state index is -0.0544. The van der Waals surface area contributed by atoms with Crippen LogP contribution in [0.5, 0.6) is 0 Å². The molecule has 1 unspecified atom stereocenters. The molecule has 1 aliphatic rings. The number of nitrogens with one attached hydrogen (secondary N) is 1. The van der Waals surface area contributed by atoms with Crippen molar-refractivity contribution in [3.63, 3.8) is 0 Å². The first-order valence-electron chi connectivity index (χ1n) is 7.34. The maximum Gasteiger partial charge on any atom is 0.268 e. The third-order valence-corrected chi connectivity index (χ3v) is 4.96. The fourth-order valence-electron chi connectivity index (χ4n) is 3.07. The summed E-state index contributed by atoms with van der Waals surface area (Å²) in [5.74, 6) is 1.60. The first kappa shape index (κ1) is 13.7. The van der Waals surface area contributed by atoms with Gasteiger partial charge in [-0.25, -0.2) is 4.98 Å². The number of thiophene rings is 1. The van der Waals surface area contributed by atoms with E-state index in [-0.39, 0.29) is 11.6 Å². The summed E-state index contributed by atoms with van der Waals surface area (Å²) in [4.78, 5) is 21.8.